The van der Waals surface area contributed by atoms with Gasteiger partial charge in [0.1, 0.15) is 5.75 Å². The lowest BCUT2D eigenvalue weighted by atomic mass is 10.2. The van der Waals surface area contributed by atoms with E-state index in [9.17, 15) is 9.59 Å². The molecular formula is C15H17BrN2O3. The summed E-state index contributed by atoms with van der Waals surface area (Å²) in [5, 5.41) is 2.75. The summed E-state index contributed by atoms with van der Waals surface area (Å²) >= 11 is 3.40. The third kappa shape index (κ3) is 4.32. The van der Waals surface area contributed by atoms with Crippen LogP contribution in [0.3, 0.4) is 0 Å². The fraction of sp³-hybridized carbons (Fsp3) is 0.333. The Balaban J connectivity index is 2.08. The molecule has 0 radical (unpaired) electrons. The van der Waals surface area contributed by atoms with Crippen LogP contribution in [0.5, 0.6) is 5.75 Å². The maximum Gasteiger partial charge on any atom is 0.246 e. The van der Waals surface area contributed by atoms with Crippen LogP contribution in [0.25, 0.3) is 6.08 Å². The SMILES string of the molecule is COc1ccc(Br)cc1C=CC(=O)N1CCNC(=O)CC1. The van der Waals surface area contributed by atoms with Gasteiger partial charge in [0.2, 0.25) is 11.8 Å². The van der Waals surface area contributed by atoms with Gasteiger partial charge in [0, 0.05) is 42.2 Å². The standard InChI is InChI=1S/C15H17BrN2O3/c1-21-13-4-3-12(16)10-11(13)2-5-15(20)18-8-6-14(19)17-7-9-18/h2-5,10H,6-9H2,1H3,(H,17,19). The number of amides is 2. The molecule has 0 bridgehead atoms. The van der Waals surface area contributed by atoms with Crippen molar-refractivity contribution < 1.29 is 14.3 Å². The van der Waals surface area contributed by atoms with Crippen LogP contribution < -0.4 is 10.1 Å². The topological polar surface area (TPSA) is 58.6 Å². The molecule has 1 saturated heterocycles. The highest BCUT2D eigenvalue weighted by Crippen LogP contribution is 2.24. The van der Waals surface area contributed by atoms with Crippen LogP contribution in [-0.2, 0) is 9.59 Å². The zero-order valence-electron chi connectivity index (χ0n) is 11.8. The van der Waals surface area contributed by atoms with Crippen molar-refractivity contribution in [2.75, 3.05) is 26.7 Å². The molecule has 1 N–H and O–H groups in total. The first kappa shape index (κ1) is 15.6. The molecule has 1 fully saturated rings. The van der Waals surface area contributed by atoms with E-state index in [1.54, 1.807) is 18.1 Å². The van der Waals surface area contributed by atoms with Crippen LogP contribution in [0, 0.1) is 0 Å². The first-order valence-electron chi connectivity index (χ1n) is 6.67. The summed E-state index contributed by atoms with van der Waals surface area (Å²) in [6.45, 7) is 1.48. The molecule has 0 aliphatic carbocycles. The molecule has 21 heavy (non-hydrogen) atoms. The quantitative estimate of drug-likeness (QED) is 0.844. The molecule has 2 rings (SSSR count). The van der Waals surface area contributed by atoms with Gasteiger partial charge in [-0.15, -0.1) is 0 Å². The number of hydrogen-bond donors (Lipinski definition) is 1. The van der Waals surface area contributed by atoms with Crippen LogP contribution in [0.1, 0.15) is 12.0 Å². The van der Waals surface area contributed by atoms with Crippen molar-refractivity contribution in [3.05, 3.63) is 34.3 Å². The predicted octanol–water partition coefficient (Wildman–Crippen LogP) is 1.82. The fourth-order valence-electron chi connectivity index (χ4n) is 2.09. The average molecular weight is 353 g/mol. The second kappa shape index (κ2) is 7.26. The Morgan fingerprint density at radius 1 is 1.43 bits per heavy atom. The second-order valence-electron chi connectivity index (χ2n) is 4.64. The fourth-order valence-corrected chi connectivity index (χ4v) is 2.47. The Hall–Kier alpha value is -1.82. The van der Waals surface area contributed by atoms with Crippen LogP contribution in [0.15, 0.2) is 28.7 Å². The van der Waals surface area contributed by atoms with E-state index in [0.717, 1.165) is 10.0 Å². The summed E-state index contributed by atoms with van der Waals surface area (Å²) in [6, 6.07) is 5.60. The van der Waals surface area contributed by atoms with Crippen LogP contribution in [0.2, 0.25) is 0 Å². The molecule has 0 spiro atoms. The molecule has 2 amide bonds. The van der Waals surface area contributed by atoms with Crippen LogP contribution in [-0.4, -0.2) is 43.5 Å². The van der Waals surface area contributed by atoms with Crippen LogP contribution in [0.4, 0.5) is 0 Å². The van der Waals surface area contributed by atoms with Gasteiger partial charge in [-0.2, -0.15) is 0 Å². The van der Waals surface area contributed by atoms with Gasteiger partial charge in [0.15, 0.2) is 0 Å². The third-order valence-corrected chi connectivity index (χ3v) is 3.71. The number of carbonyl (C=O) groups is 2. The van der Waals surface area contributed by atoms with Crippen molar-refractivity contribution in [1.82, 2.24) is 10.2 Å². The first-order chi connectivity index (χ1) is 10.1. The van der Waals surface area contributed by atoms with Gasteiger partial charge in [0.05, 0.1) is 7.11 Å². The molecule has 0 aromatic heterocycles. The van der Waals surface area contributed by atoms with Gasteiger partial charge in [-0.05, 0) is 24.3 Å². The van der Waals surface area contributed by atoms with Crippen molar-refractivity contribution in [3.8, 4) is 5.75 Å². The highest BCUT2D eigenvalue weighted by atomic mass is 79.9. The monoisotopic (exact) mass is 352 g/mol. The molecule has 6 heteroatoms. The lowest BCUT2D eigenvalue weighted by molar-refractivity contribution is -0.125. The number of carbonyl (C=O) groups excluding carboxylic acids is 2. The Morgan fingerprint density at radius 3 is 3.00 bits per heavy atom. The van der Waals surface area contributed by atoms with Gasteiger partial charge >= 0.3 is 0 Å². The van der Waals surface area contributed by atoms with E-state index in [1.165, 1.54) is 6.08 Å². The van der Waals surface area contributed by atoms with Gasteiger partial charge in [-0.3, -0.25) is 9.59 Å². The maximum atomic E-state index is 12.2. The third-order valence-electron chi connectivity index (χ3n) is 3.22. The van der Waals surface area contributed by atoms with E-state index >= 15 is 0 Å². The number of benzene rings is 1. The summed E-state index contributed by atoms with van der Waals surface area (Å²) in [6.07, 6.45) is 3.59. The minimum Gasteiger partial charge on any atom is -0.496 e. The Bertz CT molecular complexity index is 572. The van der Waals surface area contributed by atoms with Crippen molar-refractivity contribution in [2.24, 2.45) is 0 Å². The van der Waals surface area contributed by atoms with E-state index in [0.29, 0.717) is 31.8 Å². The summed E-state index contributed by atoms with van der Waals surface area (Å²) in [7, 11) is 1.59. The lowest BCUT2D eigenvalue weighted by Gasteiger charge is -2.17. The molecule has 5 nitrogen and oxygen atoms in total. The minimum atomic E-state index is -0.103. The molecule has 1 aliphatic heterocycles. The Kier molecular flexibility index (Phi) is 5.38. The largest absolute Gasteiger partial charge is 0.496 e. The maximum absolute atomic E-state index is 12.2. The number of halogens is 1. The molecule has 1 aliphatic rings. The summed E-state index contributed by atoms with van der Waals surface area (Å²) in [5.41, 5.74) is 0.823. The molecule has 0 saturated carbocycles. The Labute approximate surface area is 132 Å². The molecule has 1 aromatic carbocycles. The zero-order chi connectivity index (χ0) is 15.2. The van der Waals surface area contributed by atoms with Crippen molar-refractivity contribution in [1.29, 1.82) is 0 Å². The van der Waals surface area contributed by atoms with Crippen molar-refractivity contribution in [2.45, 2.75) is 6.42 Å². The van der Waals surface area contributed by atoms with Crippen molar-refractivity contribution >= 4 is 33.8 Å². The average Bonchev–Trinajstić information content (AvgIpc) is 2.69. The second-order valence-corrected chi connectivity index (χ2v) is 5.56. The molecule has 1 aromatic rings. The molecular weight excluding hydrogens is 336 g/mol. The zero-order valence-corrected chi connectivity index (χ0v) is 13.4. The van der Waals surface area contributed by atoms with E-state index in [1.807, 2.05) is 18.2 Å². The Morgan fingerprint density at radius 2 is 2.24 bits per heavy atom. The smallest absolute Gasteiger partial charge is 0.246 e. The highest BCUT2D eigenvalue weighted by molar-refractivity contribution is 9.10. The van der Waals surface area contributed by atoms with Gasteiger partial charge < -0.3 is 15.0 Å². The molecule has 112 valence electrons. The number of nitrogens with one attached hydrogen (secondary N) is 1. The van der Waals surface area contributed by atoms with Gasteiger partial charge in [0.25, 0.3) is 0 Å². The lowest BCUT2D eigenvalue weighted by Crippen LogP contribution is -2.32. The van der Waals surface area contributed by atoms with E-state index in [4.69, 9.17) is 4.74 Å². The van der Waals surface area contributed by atoms with E-state index < -0.39 is 0 Å². The van der Waals surface area contributed by atoms with E-state index in [2.05, 4.69) is 21.2 Å². The van der Waals surface area contributed by atoms with Crippen LogP contribution >= 0.6 is 15.9 Å². The summed E-state index contributed by atoms with van der Waals surface area (Å²) < 4.78 is 6.18. The summed E-state index contributed by atoms with van der Waals surface area (Å²) in [4.78, 5) is 25.1. The highest BCUT2D eigenvalue weighted by Gasteiger charge is 2.16. The molecule has 0 unspecified atom stereocenters. The number of nitrogens with zero attached hydrogens (tertiary/aromatic N) is 1. The summed E-state index contributed by atoms with van der Waals surface area (Å²) in [5.74, 6) is 0.589. The van der Waals surface area contributed by atoms with Gasteiger partial charge in [-0.1, -0.05) is 15.9 Å². The number of methoxy groups -OCH3 is 1. The molecule has 0 atom stereocenters. The minimum absolute atomic E-state index is 0.0112. The first-order valence-corrected chi connectivity index (χ1v) is 7.46. The number of ether oxygens (including phenoxy) is 1. The number of hydrogen-bond acceptors (Lipinski definition) is 3. The molecule has 1 heterocycles. The number of rotatable bonds is 3. The van der Waals surface area contributed by atoms with Crippen molar-refractivity contribution in [3.63, 3.8) is 0 Å². The predicted molar refractivity (Wildman–Crippen MR) is 83.9 cm³/mol. The van der Waals surface area contributed by atoms with Gasteiger partial charge in [-0.25, -0.2) is 0 Å². The van der Waals surface area contributed by atoms with E-state index in [-0.39, 0.29) is 11.8 Å². The normalized spacial score (nSPS) is 15.7.